The molecule has 2 aromatic heterocycles. The van der Waals surface area contributed by atoms with Gasteiger partial charge in [0.1, 0.15) is 5.82 Å². The Morgan fingerprint density at radius 3 is 2.75 bits per heavy atom. The van der Waals surface area contributed by atoms with Crippen LogP contribution in [0, 0.1) is 13.8 Å². The molecule has 0 atom stereocenters. The van der Waals surface area contributed by atoms with Gasteiger partial charge in [-0.05, 0) is 20.4 Å². The Morgan fingerprint density at radius 2 is 2.10 bits per heavy atom. The molecular weight excluding hydrogens is 264 g/mol. The zero-order valence-corrected chi connectivity index (χ0v) is 11.9. The van der Waals surface area contributed by atoms with Crippen LogP contribution >= 0.6 is 0 Å². The number of imidazole rings is 1. The highest BCUT2D eigenvalue weighted by molar-refractivity contribution is 5.24. The minimum atomic E-state index is -2.58. The molecular formula is C13H19F2N5. The fraction of sp³-hybridized carbons (Fsp3) is 0.538. The molecule has 0 saturated heterocycles. The molecule has 0 aliphatic heterocycles. The van der Waals surface area contributed by atoms with E-state index in [1.807, 2.05) is 20.8 Å². The lowest BCUT2D eigenvalue weighted by molar-refractivity contribution is 0.0665. The van der Waals surface area contributed by atoms with E-state index < -0.39 is 6.55 Å². The SMILES string of the molecule is CCNCc1c(C)nn(Cc2nccn2C(F)F)c1C. The number of nitrogens with one attached hydrogen (secondary N) is 1. The molecule has 0 unspecified atom stereocenters. The van der Waals surface area contributed by atoms with Crippen LogP contribution in [0.1, 0.15) is 36.2 Å². The third-order valence-corrected chi connectivity index (χ3v) is 3.33. The standard InChI is InChI=1S/C13H19F2N5/c1-4-16-7-11-9(2)18-20(10(11)3)8-12-17-5-6-19(12)13(14)15/h5-6,13,16H,4,7-8H2,1-3H3. The van der Waals surface area contributed by atoms with Crippen LogP contribution in [0.3, 0.4) is 0 Å². The van der Waals surface area contributed by atoms with Gasteiger partial charge in [-0.25, -0.2) is 4.98 Å². The van der Waals surface area contributed by atoms with Crippen LogP contribution < -0.4 is 5.32 Å². The Bertz CT molecular complexity index is 573. The average Bonchev–Trinajstić information content (AvgIpc) is 2.95. The molecule has 0 amide bonds. The zero-order valence-electron chi connectivity index (χ0n) is 11.9. The topological polar surface area (TPSA) is 47.7 Å². The largest absolute Gasteiger partial charge is 0.319 e. The second kappa shape index (κ2) is 6.13. The maximum atomic E-state index is 12.8. The van der Waals surface area contributed by atoms with Gasteiger partial charge in [0.2, 0.25) is 0 Å². The highest BCUT2D eigenvalue weighted by atomic mass is 19.3. The third-order valence-electron chi connectivity index (χ3n) is 3.33. The Morgan fingerprint density at radius 1 is 1.35 bits per heavy atom. The van der Waals surface area contributed by atoms with Crippen molar-refractivity contribution in [2.45, 2.75) is 40.4 Å². The lowest BCUT2D eigenvalue weighted by atomic mass is 10.2. The molecule has 0 aliphatic rings. The Labute approximate surface area is 116 Å². The van der Waals surface area contributed by atoms with Gasteiger partial charge in [-0.1, -0.05) is 6.92 Å². The van der Waals surface area contributed by atoms with Crippen LogP contribution in [0.5, 0.6) is 0 Å². The van der Waals surface area contributed by atoms with Gasteiger partial charge >= 0.3 is 6.55 Å². The normalized spacial score (nSPS) is 11.5. The predicted octanol–water partition coefficient (Wildman–Crippen LogP) is 2.25. The van der Waals surface area contributed by atoms with Gasteiger partial charge in [-0.3, -0.25) is 9.25 Å². The first-order valence-electron chi connectivity index (χ1n) is 6.58. The van der Waals surface area contributed by atoms with Crippen LogP contribution in [0.4, 0.5) is 8.78 Å². The van der Waals surface area contributed by atoms with Crippen molar-refractivity contribution in [2.75, 3.05) is 6.54 Å². The summed E-state index contributed by atoms with van der Waals surface area (Å²) >= 11 is 0. The van der Waals surface area contributed by atoms with Crippen molar-refractivity contribution in [3.05, 3.63) is 35.2 Å². The lowest BCUT2D eigenvalue weighted by Crippen LogP contribution is -2.14. The summed E-state index contributed by atoms with van der Waals surface area (Å²) in [5.41, 5.74) is 3.01. The molecule has 20 heavy (non-hydrogen) atoms. The van der Waals surface area contributed by atoms with Crippen molar-refractivity contribution >= 4 is 0 Å². The number of halogens is 2. The number of aromatic nitrogens is 4. The van der Waals surface area contributed by atoms with Gasteiger partial charge in [-0.2, -0.15) is 13.9 Å². The molecule has 0 aromatic carbocycles. The van der Waals surface area contributed by atoms with Gasteiger partial charge in [0, 0.05) is 30.2 Å². The number of hydrogen-bond donors (Lipinski definition) is 1. The average molecular weight is 283 g/mol. The number of aryl methyl sites for hydroxylation is 1. The van der Waals surface area contributed by atoms with Crippen molar-refractivity contribution in [1.29, 1.82) is 0 Å². The number of nitrogens with zero attached hydrogens (tertiary/aromatic N) is 4. The summed E-state index contributed by atoms with van der Waals surface area (Å²) in [6, 6.07) is 0. The van der Waals surface area contributed by atoms with E-state index in [1.54, 1.807) is 4.68 Å². The van der Waals surface area contributed by atoms with E-state index >= 15 is 0 Å². The van der Waals surface area contributed by atoms with Crippen molar-refractivity contribution in [3.8, 4) is 0 Å². The third kappa shape index (κ3) is 2.87. The molecule has 2 rings (SSSR count). The van der Waals surface area contributed by atoms with Crippen LogP contribution in [0.25, 0.3) is 0 Å². The summed E-state index contributed by atoms with van der Waals surface area (Å²) in [5, 5.41) is 7.67. The highest BCUT2D eigenvalue weighted by Crippen LogP contribution is 2.17. The molecule has 1 N–H and O–H groups in total. The zero-order chi connectivity index (χ0) is 14.7. The van der Waals surface area contributed by atoms with Gasteiger partial charge in [0.25, 0.3) is 0 Å². The van der Waals surface area contributed by atoms with Gasteiger partial charge in [-0.15, -0.1) is 0 Å². The number of rotatable bonds is 6. The predicted molar refractivity (Wildman–Crippen MR) is 71.7 cm³/mol. The quantitative estimate of drug-likeness (QED) is 0.884. The van der Waals surface area contributed by atoms with Crippen LogP contribution in [-0.4, -0.2) is 25.9 Å². The van der Waals surface area contributed by atoms with Crippen molar-refractivity contribution in [2.24, 2.45) is 0 Å². The summed E-state index contributed by atoms with van der Waals surface area (Å²) in [4.78, 5) is 3.98. The lowest BCUT2D eigenvalue weighted by Gasteiger charge is -2.08. The van der Waals surface area contributed by atoms with E-state index in [2.05, 4.69) is 15.4 Å². The summed E-state index contributed by atoms with van der Waals surface area (Å²) < 4.78 is 28.2. The van der Waals surface area contributed by atoms with Crippen LogP contribution in [-0.2, 0) is 13.1 Å². The second-order valence-corrected chi connectivity index (χ2v) is 4.62. The van der Waals surface area contributed by atoms with E-state index in [9.17, 15) is 8.78 Å². The second-order valence-electron chi connectivity index (χ2n) is 4.62. The van der Waals surface area contributed by atoms with Crippen molar-refractivity contribution in [3.63, 3.8) is 0 Å². The molecule has 0 spiro atoms. The molecule has 110 valence electrons. The van der Waals surface area contributed by atoms with E-state index in [0.717, 1.165) is 34.6 Å². The summed E-state index contributed by atoms with van der Waals surface area (Å²) in [5.74, 6) is 0.306. The molecule has 5 nitrogen and oxygen atoms in total. The molecule has 0 fully saturated rings. The van der Waals surface area contributed by atoms with Crippen LogP contribution in [0.15, 0.2) is 12.4 Å². The molecule has 0 aliphatic carbocycles. The smallest absolute Gasteiger partial charge is 0.313 e. The van der Waals surface area contributed by atoms with E-state index in [0.29, 0.717) is 5.82 Å². The van der Waals surface area contributed by atoms with Crippen molar-refractivity contribution < 1.29 is 8.78 Å². The van der Waals surface area contributed by atoms with E-state index in [-0.39, 0.29) is 6.54 Å². The summed E-state index contributed by atoms with van der Waals surface area (Å²) in [6.45, 7) is 5.19. The minimum Gasteiger partial charge on any atom is -0.313 e. The minimum absolute atomic E-state index is 0.246. The van der Waals surface area contributed by atoms with Gasteiger partial charge in [0.15, 0.2) is 0 Å². The molecule has 0 bridgehead atoms. The molecule has 0 saturated carbocycles. The molecule has 2 heterocycles. The molecule has 7 heteroatoms. The first-order valence-corrected chi connectivity index (χ1v) is 6.58. The fourth-order valence-electron chi connectivity index (χ4n) is 2.17. The molecule has 0 radical (unpaired) electrons. The monoisotopic (exact) mass is 283 g/mol. The first kappa shape index (κ1) is 14.6. The Balaban J connectivity index is 2.23. The number of alkyl halides is 2. The van der Waals surface area contributed by atoms with Crippen molar-refractivity contribution in [1.82, 2.24) is 24.6 Å². The first-order chi connectivity index (χ1) is 9.54. The highest BCUT2D eigenvalue weighted by Gasteiger charge is 2.15. The Hall–Kier alpha value is -1.76. The van der Waals surface area contributed by atoms with Gasteiger partial charge in [0.05, 0.1) is 12.2 Å². The van der Waals surface area contributed by atoms with Crippen LogP contribution in [0.2, 0.25) is 0 Å². The number of hydrogen-bond acceptors (Lipinski definition) is 3. The fourth-order valence-corrected chi connectivity index (χ4v) is 2.17. The van der Waals surface area contributed by atoms with E-state index in [4.69, 9.17) is 0 Å². The maximum absolute atomic E-state index is 12.8. The molecule has 2 aromatic rings. The summed E-state index contributed by atoms with van der Waals surface area (Å²) in [6.07, 6.45) is 2.66. The Kier molecular flexibility index (Phi) is 4.49. The summed E-state index contributed by atoms with van der Waals surface area (Å²) in [7, 11) is 0. The van der Waals surface area contributed by atoms with Gasteiger partial charge < -0.3 is 5.32 Å². The van der Waals surface area contributed by atoms with E-state index in [1.165, 1.54) is 12.4 Å². The maximum Gasteiger partial charge on any atom is 0.319 e.